The van der Waals surface area contributed by atoms with E-state index in [0.717, 1.165) is 116 Å². The molecule has 5 nitrogen and oxygen atoms in total. The van der Waals surface area contributed by atoms with E-state index in [1.807, 2.05) is 12.1 Å². The van der Waals surface area contributed by atoms with Gasteiger partial charge in [0.2, 0.25) is 0 Å². The van der Waals surface area contributed by atoms with Crippen LogP contribution < -0.4 is 0 Å². The predicted octanol–water partition coefficient (Wildman–Crippen LogP) is 14.9. The van der Waals surface area contributed by atoms with Gasteiger partial charge in [0.1, 0.15) is 17.0 Å². The van der Waals surface area contributed by atoms with Crippen molar-refractivity contribution >= 4 is 76.7 Å². The van der Waals surface area contributed by atoms with Gasteiger partial charge in [-0.15, -0.1) is 0 Å². The Hall–Kier alpha value is -8.15. The van der Waals surface area contributed by atoms with Gasteiger partial charge in [-0.25, -0.2) is 4.98 Å². The molecule has 60 heavy (non-hydrogen) atoms. The first kappa shape index (κ1) is 32.9. The zero-order chi connectivity index (χ0) is 39.3. The van der Waals surface area contributed by atoms with Crippen LogP contribution in [-0.2, 0) is 0 Å². The van der Waals surface area contributed by atoms with Crippen molar-refractivity contribution in [1.29, 1.82) is 0 Å². The Bertz CT molecular complexity index is 3830. The van der Waals surface area contributed by atoms with Crippen molar-refractivity contribution in [1.82, 2.24) is 14.1 Å². The van der Waals surface area contributed by atoms with Crippen molar-refractivity contribution in [2.24, 2.45) is 0 Å². The molecule has 4 aromatic heterocycles. The van der Waals surface area contributed by atoms with E-state index in [2.05, 4.69) is 197 Å². The molecule has 13 aromatic rings. The third-order valence-corrected chi connectivity index (χ3v) is 12.1. The molecule has 0 amide bonds. The average molecular weight is 768 g/mol. The lowest BCUT2D eigenvalue weighted by molar-refractivity contribution is 0.665. The average Bonchev–Trinajstić information content (AvgIpc) is 4.09. The van der Waals surface area contributed by atoms with Crippen LogP contribution in [0.3, 0.4) is 0 Å². The summed E-state index contributed by atoms with van der Waals surface area (Å²) in [5, 5.41) is 6.48. The fraction of sp³-hybridized carbons (Fsp3) is 0. The van der Waals surface area contributed by atoms with Crippen LogP contribution in [0.5, 0.6) is 0 Å². The van der Waals surface area contributed by atoms with Gasteiger partial charge in [0.25, 0.3) is 0 Å². The highest BCUT2D eigenvalue weighted by Gasteiger charge is 2.26. The molecule has 0 fully saturated rings. The Labute approximate surface area is 343 Å². The monoisotopic (exact) mass is 767 g/mol. The van der Waals surface area contributed by atoms with E-state index in [1.165, 1.54) is 5.56 Å². The minimum absolute atomic E-state index is 0.790. The van der Waals surface area contributed by atoms with Gasteiger partial charge in [0.05, 0.1) is 27.8 Å². The summed E-state index contributed by atoms with van der Waals surface area (Å²) >= 11 is 0. The van der Waals surface area contributed by atoms with Crippen LogP contribution in [0.4, 0.5) is 0 Å². The number of aromatic nitrogens is 3. The summed E-state index contributed by atoms with van der Waals surface area (Å²) in [4.78, 5) is 5.36. The number of imidazole rings is 1. The number of hydrogen-bond donors (Lipinski definition) is 0. The number of fused-ring (bicyclic) bond motifs is 11. The van der Waals surface area contributed by atoms with Crippen LogP contribution in [0, 0.1) is 0 Å². The molecular formula is C55H33N3O2. The third kappa shape index (κ3) is 4.71. The minimum Gasteiger partial charge on any atom is -0.454 e. The molecule has 0 spiro atoms. The number of hydrogen-bond acceptors (Lipinski definition) is 3. The Morgan fingerprint density at radius 3 is 1.93 bits per heavy atom. The Balaban J connectivity index is 1.16. The molecule has 0 unspecified atom stereocenters. The standard InChI is InChI=1S/C55H33N3O2/c1-3-15-34(16-4-1)35-17-13-18-36(33-35)38-29-32-44(55-56-45-24-9-11-26-47(45)57(55)37-19-5-2-6-20-37)50-43-23-14-27-48(52(43)60-53(38)50)58-46-25-10-7-21-39(46)41-30-31-42-40-22-8-12-28-49(40)59-54(42)51(41)58/h1-33H. The van der Waals surface area contributed by atoms with Gasteiger partial charge in [-0.1, -0.05) is 133 Å². The van der Waals surface area contributed by atoms with E-state index >= 15 is 0 Å². The summed E-state index contributed by atoms with van der Waals surface area (Å²) in [5.41, 5.74) is 14.8. The zero-order valence-corrected chi connectivity index (χ0v) is 32.2. The lowest BCUT2D eigenvalue weighted by Gasteiger charge is -2.12. The second kappa shape index (κ2) is 12.7. The molecular weight excluding hydrogens is 735 g/mol. The van der Waals surface area contributed by atoms with Gasteiger partial charge >= 0.3 is 0 Å². The smallest absolute Gasteiger partial charge is 0.160 e. The predicted molar refractivity (Wildman–Crippen MR) is 246 cm³/mol. The molecule has 0 aliphatic carbocycles. The highest BCUT2D eigenvalue weighted by Crippen LogP contribution is 2.47. The molecule has 9 aromatic carbocycles. The molecule has 0 N–H and O–H groups in total. The van der Waals surface area contributed by atoms with E-state index in [4.69, 9.17) is 13.8 Å². The van der Waals surface area contributed by atoms with Crippen LogP contribution in [0.25, 0.3) is 122 Å². The van der Waals surface area contributed by atoms with E-state index in [9.17, 15) is 0 Å². The van der Waals surface area contributed by atoms with Crippen LogP contribution in [0.15, 0.2) is 209 Å². The maximum absolute atomic E-state index is 7.40. The van der Waals surface area contributed by atoms with E-state index < -0.39 is 0 Å². The highest BCUT2D eigenvalue weighted by molar-refractivity contribution is 6.23. The number of nitrogens with zero attached hydrogens (tertiary/aromatic N) is 3. The van der Waals surface area contributed by atoms with Crippen LogP contribution in [-0.4, -0.2) is 14.1 Å². The molecule has 0 aliphatic heterocycles. The topological polar surface area (TPSA) is 49.0 Å². The summed E-state index contributed by atoms with van der Waals surface area (Å²) in [6.07, 6.45) is 0. The Morgan fingerprint density at radius 1 is 0.383 bits per heavy atom. The second-order valence-corrected chi connectivity index (χ2v) is 15.5. The molecule has 0 saturated carbocycles. The van der Waals surface area contributed by atoms with Crippen LogP contribution >= 0.6 is 0 Å². The van der Waals surface area contributed by atoms with Gasteiger partial charge in [0.15, 0.2) is 11.2 Å². The first-order valence-corrected chi connectivity index (χ1v) is 20.3. The fourth-order valence-corrected chi connectivity index (χ4v) is 9.50. The molecule has 4 heterocycles. The van der Waals surface area contributed by atoms with Crippen molar-refractivity contribution in [3.63, 3.8) is 0 Å². The lowest BCUT2D eigenvalue weighted by atomic mass is 9.95. The number of benzene rings is 9. The summed E-state index contributed by atoms with van der Waals surface area (Å²) in [5.74, 6) is 0.853. The van der Waals surface area contributed by atoms with E-state index in [-0.39, 0.29) is 0 Å². The molecule has 0 saturated heterocycles. The maximum atomic E-state index is 7.40. The molecule has 13 rings (SSSR count). The van der Waals surface area contributed by atoms with Gasteiger partial charge in [-0.3, -0.25) is 4.57 Å². The van der Waals surface area contributed by atoms with Crippen LogP contribution in [0.2, 0.25) is 0 Å². The Kier molecular flexibility index (Phi) is 6.95. The van der Waals surface area contributed by atoms with Crippen molar-refractivity contribution in [3.8, 4) is 45.0 Å². The van der Waals surface area contributed by atoms with Crippen molar-refractivity contribution in [3.05, 3.63) is 200 Å². The van der Waals surface area contributed by atoms with Crippen molar-refractivity contribution in [2.75, 3.05) is 0 Å². The van der Waals surface area contributed by atoms with Crippen molar-refractivity contribution in [2.45, 2.75) is 0 Å². The Morgan fingerprint density at radius 2 is 1.05 bits per heavy atom. The molecule has 280 valence electrons. The van der Waals surface area contributed by atoms with E-state index in [0.29, 0.717) is 0 Å². The zero-order valence-electron chi connectivity index (χ0n) is 32.2. The first-order chi connectivity index (χ1) is 29.8. The SMILES string of the molecule is c1ccc(-c2cccc(-c3ccc(-c4nc5ccccc5n4-c4ccccc4)c4c3oc3c(-n5c6ccccc6c6ccc7c8ccccc8oc7c65)cccc34)c2)cc1. The molecule has 0 atom stereocenters. The maximum Gasteiger partial charge on any atom is 0.160 e. The number of para-hydroxylation sites is 6. The normalized spacial score (nSPS) is 12.0. The van der Waals surface area contributed by atoms with E-state index in [1.54, 1.807) is 0 Å². The quantitative estimate of drug-likeness (QED) is 0.175. The lowest BCUT2D eigenvalue weighted by Crippen LogP contribution is -1.98. The summed E-state index contributed by atoms with van der Waals surface area (Å²) in [6.45, 7) is 0. The van der Waals surface area contributed by atoms with Gasteiger partial charge < -0.3 is 13.4 Å². The largest absolute Gasteiger partial charge is 0.454 e. The molecule has 5 heteroatoms. The molecule has 0 radical (unpaired) electrons. The molecule has 0 bridgehead atoms. The fourth-order valence-electron chi connectivity index (χ4n) is 9.50. The summed E-state index contributed by atoms with van der Waals surface area (Å²) < 4.78 is 18.8. The second-order valence-electron chi connectivity index (χ2n) is 15.5. The van der Waals surface area contributed by atoms with Gasteiger partial charge in [0, 0.05) is 49.1 Å². The number of furan rings is 2. The van der Waals surface area contributed by atoms with Gasteiger partial charge in [-0.05, 0) is 83.4 Å². The minimum atomic E-state index is 0.790. The highest BCUT2D eigenvalue weighted by atomic mass is 16.3. The summed E-state index contributed by atoms with van der Waals surface area (Å²) in [7, 11) is 0. The number of rotatable bonds is 5. The first-order valence-electron chi connectivity index (χ1n) is 20.3. The third-order valence-electron chi connectivity index (χ3n) is 12.1. The van der Waals surface area contributed by atoms with Crippen LogP contribution in [0.1, 0.15) is 0 Å². The van der Waals surface area contributed by atoms with Crippen molar-refractivity contribution < 1.29 is 8.83 Å². The van der Waals surface area contributed by atoms with Gasteiger partial charge in [-0.2, -0.15) is 0 Å². The summed E-state index contributed by atoms with van der Waals surface area (Å²) in [6, 6.07) is 70.4. The molecule has 0 aliphatic rings.